The predicted molar refractivity (Wildman–Crippen MR) is 131 cm³/mol. The monoisotopic (exact) mass is 538 g/mol. The van der Waals surface area contributed by atoms with Crippen molar-refractivity contribution < 1.29 is 4.39 Å². The molecule has 1 aliphatic rings. The van der Waals surface area contributed by atoms with Gasteiger partial charge in [-0.1, -0.05) is 6.07 Å². The van der Waals surface area contributed by atoms with E-state index in [0.717, 1.165) is 49.8 Å². The summed E-state index contributed by atoms with van der Waals surface area (Å²) in [7, 11) is 0. The van der Waals surface area contributed by atoms with Gasteiger partial charge in [0, 0.05) is 51.0 Å². The number of fused-ring (bicyclic) bond motifs is 1. The number of halogens is 2. The SMILES string of the molecule is CCNC(=NCCCc1nnc2ccccn12)NC1CCN(c2ncccc2F)C1.I. The van der Waals surface area contributed by atoms with Gasteiger partial charge >= 0.3 is 0 Å². The topological polar surface area (TPSA) is 82.7 Å². The Morgan fingerprint density at radius 3 is 3.00 bits per heavy atom. The molecule has 4 heterocycles. The molecular formula is C21H28FIN8. The van der Waals surface area contributed by atoms with Crippen molar-refractivity contribution in [2.24, 2.45) is 4.99 Å². The molecular weight excluding hydrogens is 510 g/mol. The number of aromatic nitrogens is 4. The zero-order chi connectivity index (χ0) is 20.8. The number of anilines is 1. The van der Waals surface area contributed by atoms with Crippen molar-refractivity contribution in [3.8, 4) is 0 Å². The lowest BCUT2D eigenvalue weighted by atomic mass is 10.2. The summed E-state index contributed by atoms with van der Waals surface area (Å²) in [6.45, 7) is 4.98. The van der Waals surface area contributed by atoms with Gasteiger partial charge in [0.25, 0.3) is 0 Å². The largest absolute Gasteiger partial charge is 0.357 e. The van der Waals surface area contributed by atoms with E-state index in [1.165, 1.54) is 6.07 Å². The first-order valence-corrected chi connectivity index (χ1v) is 10.4. The van der Waals surface area contributed by atoms with E-state index in [2.05, 4.69) is 25.8 Å². The molecule has 3 aromatic rings. The van der Waals surface area contributed by atoms with E-state index < -0.39 is 0 Å². The number of nitrogens with zero attached hydrogens (tertiary/aromatic N) is 6. The number of aryl methyl sites for hydroxylation is 1. The molecule has 0 aliphatic carbocycles. The second-order valence-corrected chi connectivity index (χ2v) is 7.29. The van der Waals surface area contributed by atoms with Crippen molar-refractivity contribution in [2.45, 2.75) is 32.2 Å². The smallest absolute Gasteiger partial charge is 0.191 e. The molecule has 8 nitrogen and oxygen atoms in total. The summed E-state index contributed by atoms with van der Waals surface area (Å²) in [5, 5.41) is 15.2. The van der Waals surface area contributed by atoms with Crippen LogP contribution < -0.4 is 15.5 Å². The zero-order valence-electron chi connectivity index (χ0n) is 17.5. The normalized spacial score (nSPS) is 16.4. The van der Waals surface area contributed by atoms with E-state index in [4.69, 9.17) is 4.99 Å². The molecule has 0 aromatic carbocycles. The van der Waals surface area contributed by atoms with Crippen molar-refractivity contribution in [3.05, 3.63) is 54.4 Å². The summed E-state index contributed by atoms with van der Waals surface area (Å²) in [6.07, 6.45) is 6.21. The molecule has 4 rings (SSSR count). The number of hydrogen-bond acceptors (Lipinski definition) is 5. The lowest BCUT2D eigenvalue weighted by Crippen LogP contribution is -2.44. The highest BCUT2D eigenvalue weighted by Gasteiger charge is 2.25. The molecule has 0 amide bonds. The molecule has 0 saturated carbocycles. The maximum atomic E-state index is 14.0. The molecule has 1 atom stereocenters. The molecule has 1 saturated heterocycles. The zero-order valence-corrected chi connectivity index (χ0v) is 19.9. The quantitative estimate of drug-likeness (QED) is 0.209. The van der Waals surface area contributed by atoms with Gasteiger partial charge in [-0.3, -0.25) is 9.39 Å². The van der Waals surface area contributed by atoms with Crippen LogP contribution in [0.25, 0.3) is 5.65 Å². The molecule has 10 heteroatoms. The van der Waals surface area contributed by atoms with Crippen LogP contribution in [-0.2, 0) is 6.42 Å². The molecule has 1 fully saturated rings. The Morgan fingerprint density at radius 2 is 2.16 bits per heavy atom. The number of guanidine groups is 1. The lowest BCUT2D eigenvalue weighted by Gasteiger charge is -2.19. The highest BCUT2D eigenvalue weighted by atomic mass is 127. The van der Waals surface area contributed by atoms with Crippen molar-refractivity contribution in [3.63, 3.8) is 0 Å². The van der Waals surface area contributed by atoms with Gasteiger partial charge < -0.3 is 15.5 Å². The van der Waals surface area contributed by atoms with Gasteiger partial charge in [0.05, 0.1) is 0 Å². The molecule has 1 aliphatic heterocycles. The first kappa shape index (κ1) is 23.2. The third-order valence-electron chi connectivity index (χ3n) is 5.12. The van der Waals surface area contributed by atoms with Crippen LogP contribution in [-0.4, -0.2) is 57.8 Å². The van der Waals surface area contributed by atoms with Gasteiger partial charge in [0.1, 0.15) is 5.82 Å². The summed E-state index contributed by atoms with van der Waals surface area (Å²) in [5.41, 5.74) is 0.862. The summed E-state index contributed by atoms with van der Waals surface area (Å²) in [4.78, 5) is 10.9. The van der Waals surface area contributed by atoms with Crippen molar-refractivity contribution in [1.29, 1.82) is 0 Å². The van der Waals surface area contributed by atoms with E-state index >= 15 is 0 Å². The number of hydrogen-bond donors (Lipinski definition) is 2. The van der Waals surface area contributed by atoms with Gasteiger partial charge in [0.15, 0.2) is 23.2 Å². The van der Waals surface area contributed by atoms with Crippen LogP contribution in [0.4, 0.5) is 10.2 Å². The van der Waals surface area contributed by atoms with Crippen LogP contribution in [0.2, 0.25) is 0 Å². The van der Waals surface area contributed by atoms with E-state index in [1.54, 1.807) is 12.3 Å². The predicted octanol–water partition coefficient (Wildman–Crippen LogP) is 2.65. The third-order valence-corrected chi connectivity index (χ3v) is 5.12. The Labute approximate surface area is 198 Å². The fourth-order valence-corrected chi connectivity index (χ4v) is 3.68. The van der Waals surface area contributed by atoms with Gasteiger partial charge in [-0.05, 0) is 44.0 Å². The fourth-order valence-electron chi connectivity index (χ4n) is 3.68. The number of pyridine rings is 2. The molecule has 31 heavy (non-hydrogen) atoms. The summed E-state index contributed by atoms with van der Waals surface area (Å²) in [6, 6.07) is 9.15. The van der Waals surface area contributed by atoms with Gasteiger partial charge in [-0.25, -0.2) is 9.37 Å². The molecule has 0 bridgehead atoms. The molecule has 1 unspecified atom stereocenters. The van der Waals surface area contributed by atoms with E-state index in [9.17, 15) is 4.39 Å². The number of aliphatic imine (C=N–C) groups is 1. The minimum Gasteiger partial charge on any atom is -0.357 e. The first-order chi connectivity index (χ1) is 14.7. The van der Waals surface area contributed by atoms with Crippen molar-refractivity contribution in [1.82, 2.24) is 30.2 Å². The minimum atomic E-state index is -0.278. The Hall–Kier alpha value is -2.50. The first-order valence-electron chi connectivity index (χ1n) is 10.4. The minimum absolute atomic E-state index is 0. The standard InChI is InChI=1S/C21H27FN8.HI/c1-2-23-21(25-12-6-9-19-28-27-18-8-3-4-13-30(18)19)26-16-10-14-29(15-16)20-17(22)7-5-11-24-20;/h3-5,7-8,11,13,16H,2,6,9-10,12,14-15H2,1H3,(H2,23,25,26);1H. The molecule has 0 spiro atoms. The highest BCUT2D eigenvalue weighted by Crippen LogP contribution is 2.20. The van der Waals surface area contributed by atoms with Gasteiger partial charge in [-0.15, -0.1) is 34.2 Å². The maximum Gasteiger partial charge on any atom is 0.191 e. The van der Waals surface area contributed by atoms with Crippen LogP contribution in [0.1, 0.15) is 25.6 Å². The fraction of sp³-hybridized carbons (Fsp3) is 0.429. The number of nitrogens with one attached hydrogen (secondary N) is 2. The van der Waals surface area contributed by atoms with Crippen LogP contribution in [0, 0.1) is 5.82 Å². The number of rotatable bonds is 7. The van der Waals surface area contributed by atoms with Crippen LogP contribution in [0.15, 0.2) is 47.7 Å². The van der Waals surface area contributed by atoms with E-state index in [0.29, 0.717) is 18.9 Å². The Balaban J connectivity index is 0.00000272. The van der Waals surface area contributed by atoms with Gasteiger partial charge in [-0.2, -0.15) is 0 Å². The Morgan fingerprint density at radius 1 is 1.26 bits per heavy atom. The molecule has 0 radical (unpaired) electrons. The molecule has 2 N–H and O–H groups in total. The van der Waals surface area contributed by atoms with Gasteiger partial charge in [0.2, 0.25) is 0 Å². The average molecular weight is 538 g/mol. The average Bonchev–Trinajstić information content (AvgIpc) is 3.39. The van der Waals surface area contributed by atoms with E-state index in [-0.39, 0.29) is 35.8 Å². The molecule has 3 aromatic heterocycles. The van der Waals surface area contributed by atoms with Crippen LogP contribution >= 0.6 is 24.0 Å². The maximum absolute atomic E-state index is 14.0. The third kappa shape index (κ3) is 5.81. The molecule has 166 valence electrons. The Kier molecular flexibility index (Phi) is 8.38. The van der Waals surface area contributed by atoms with Crippen molar-refractivity contribution in [2.75, 3.05) is 31.1 Å². The second-order valence-electron chi connectivity index (χ2n) is 7.29. The Bertz CT molecular complexity index is 1010. The second kappa shape index (κ2) is 11.2. The highest BCUT2D eigenvalue weighted by molar-refractivity contribution is 14.0. The lowest BCUT2D eigenvalue weighted by molar-refractivity contribution is 0.612. The van der Waals surface area contributed by atoms with Crippen LogP contribution in [0.5, 0.6) is 0 Å². The van der Waals surface area contributed by atoms with Crippen LogP contribution in [0.3, 0.4) is 0 Å². The van der Waals surface area contributed by atoms with Crippen molar-refractivity contribution >= 4 is 41.4 Å². The summed E-state index contributed by atoms with van der Waals surface area (Å²) < 4.78 is 16.0. The summed E-state index contributed by atoms with van der Waals surface area (Å²) >= 11 is 0. The van der Waals surface area contributed by atoms with E-state index in [1.807, 2.05) is 40.6 Å². The summed E-state index contributed by atoms with van der Waals surface area (Å²) in [5.74, 6) is 1.88.